The molecule has 2 aliphatic carbocycles. The Balaban J connectivity index is 1.11. The quantitative estimate of drug-likeness (QED) is 0.165. The number of benzene rings is 10. The molecule has 2 nitrogen and oxygen atoms in total. The maximum Gasteiger partial charge on any atom is 0.0726 e. The van der Waals surface area contributed by atoms with Gasteiger partial charge in [-0.1, -0.05) is 158 Å². The molecule has 1 unspecified atom stereocenters. The minimum absolute atomic E-state index is 0.546. The summed E-state index contributed by atoms with van der Waals surface area (Å²) in [5.41, 5.74) is 16.7. The van der Waals surface area contributed by atoms with Crippen molar-refractivity contribution in [2.24, 2.45) is 0 Å². The zero-order chi connectivity index (χ0) is 40.8. The predicted octanol–water partition coefficient (Wildman–Crippen LogP) is 16.5. The molecule has 0 saturated heterocycles. The van der Waals surface area contributed by atoms with Crippen molar-refractivity contribution in [3.63, 3.8) is 0 Å². The predicted molar refractivity (Wildman–Crippen MR) is 263 cm³/mol. The molecule has 0 radical (unpaired) electrons. The van der Waals surface area contributed by atoms with Gasteiger partial charge < -0.3 is 9.80 Å². The van der Waals surface area contributed by atoms with E-state index in [-0.39, 0.29) is 0 Å². The highest BCUT2D eigenvalue weighted by atomic mass is 32.1. The third-order valence-corrected chi connectivity index (χ3v) is 14.3. The first kappa shape index (κ1) is 35.1. The third-order valence-electron chi connectivity index (χ3n) is 13.2. The van der Waals surface area contributed by atoms with Crippen LogP contribution in [-0.2, 0) is 5.41 Å². The first-order chi connectivity index (χ1) is 30.8. The normalized spacial score (nSPS) is 14.5. The average molecular weight is 807 g/mol. The van der Waals surface area contributed by atoms with E-state index >= 15 is 0 Å². The lowest BCUT2D eigenvalue weighted by atomic mass is 9.70. The highest BCUT2D eigenvalue weighted by molar-refractivity contribution is 7.26. The van der Waals surface area contributed by atoms with Gasteiger partial charge in [0.05, 0.1) is 16.8 Å². The van der Waals surface area contributed by atoms with E-state index < -0.39 is 5.41 Å². The van der Waals surface area contributed by atoms with Crippen molar-refractivity contribution in [2.45, 2.75) is 5.41 Å². The summed E-state index contributed by atoms with van der Waals surface area (Å²) in [7, 11) is 0. The minimum atomic E-state index is -0.546. The summed E-state index contributed by atoms with van der Waals surface area (Å²) in [4.78, 5) is 4.95. The van der Waals surface area contributed by atoms with Crippen LogP contribution in [0.1, 0.15) is 22.3 Å². The molecule has 1 spiro atoms. The van der Waals surface area contributed by atoms with E-state index in [4.69, 9.17) is 0 Å². The summed E-state index contributed by atoms with van der Waals surface area (Å²) in [6.45, 7) is 0. The molecule has 0 N–H and O–H groups in total. The molecular weight excluding hydrogens is 769 g/mol. The lowest BCUT2D eigenvalue weighted by Gasteiger charge is -2.33. The van der Waals surface area contributed by atoms with Gasteiger partial charge in [0.1, 0.15) is 0 Å². The Morgan fingerprint density at radius 1 is 0.339 bits per heavy atom. The van der Waals surface area contributed by atoms with E-state index in [1.165, 1.54) is 86.8 Å². The standard InChI is InChI=1S/C59H38N2S/c1-4-20-40(21-5-1)60(53-32-18-34-55-57(53)47-29-14-17-33-54(47)62-55)43-35-36-51-48(38-43)45-27-12-15-30-49(45)59(51)50-31-16-13-28-46(50)56-52(59)37-39-19-10-11-26-44(39)58(56)61(41-22-6-2-7-23-41)42-24-8-3-9-25-42/h1-38H. The smallest absolute Gasteiger partial charge is 0.0726 e. The monoisotopic (exact) mass is 806 g/mol. The van der Waals surface area contributed by atoms with Crippen molar-refractivity contribution in [3.05, 3.63) is 253 Å². The summed E-state index contributed by atoms with van der Waals surface area (Å²) in [6.07, 6.45) is 0. The number of thiophene rings is 1. The highest BCUT2D eigenvalue weighted by Crippen LogP contribution is 2.66. The average Bonchev–Trinajstić information content (AvgIpc) is 3.97. The molecule has 62 heavy (non-hydrogen) atoms. The third kappa shape index (κ3) is 4.91. The lowest BCUT2D eigenvalue weighted by molar-refractivity contribution is 0.795. The number of rotatable bonds is 6. The van der Waals surface area contributed by atoms with E-state index in [9.17, 15) is 0 Å². The van der Waals surface area contributed by atoms with E-state index in [2.05, 4.69) is 240 Å². The van der Waals surface area contributed by atoms with Crippen molar-refractivity contribution >= 4 is 76.4 Å². The van der Waals surface area contributed by atoms with Gasteiger partial charge >= 0.3 is 0 Å². The molecular formula is C59H38N2S. The zero-order valence-corrected chi connectivity index (χ0v) is 34.6. The van der Waals surface area contributed by atoms with Crippen LogP contribution in [0.25, 0.3) is 53.2 Å². The topological polar surface area (TPSA) is 6.48 Å². The van der Waals surface area contributed by atoms with Crippen LogP contribution in [0, 0.1) is 0 Å². The van der Waals surface area contributed by atoms with Crippen LogP contribution in [0.5, 0.6) is 0 Å². The second-order valence-electron chi connectivity index (χ2n) is 16.4. The van der Waals surface area contributed by atoms with Crippen LogP contribution >= 0.6 is 11.3 Å². The van der Waals surface area contributed by atoms with E-state index in [1.807, 2.05) is 11.3 Å². The Morgan fingerprint density at radius 3 is 1.61 bits per heavy atom. The zero-order valence-electron chi connectivity index (χ0n) is 33.7. The molecule has 11 aromatic rings. The molecule has 1 aromatic heterocycles. The van der Waals surface area contributed by atoms with E-state index in [1.54, 1.807) is 0 Å². The van der Waals surface area contributed by atoms with Crippen LogP contribution < -0.4 is 9.80 Å². The molecule has 0 fully saturated rings. The first-order valence-electron chi connectivity index (χ1n) is 21.4. The van der Waals surface area contributed by atoms with Crippen molar-refractivity contribution in [3.8, 4) is 22.3 Å². The Morgan fingerprint density at radius 2 is 0.887 bits per heavy atom. The second kappa shape index (κ2) is 13.7. The molecule has 3 heteroatoms. The van der Waals surface area contributed by atoms with E-state index in [0.717, 1.165) is 22.7 Å². The summed E-state index contributed by atoms with van der Waals surface area (Å²) in [5, 5.41) is 5.02. The largest absolute Gasteiger partial charge is 0.310 e. The fourth-order valence-electron chi connectivity index (χ4n) is 10.8. The molecule has 0 bridgehead atoms. The van der Waals surface area contributed by atoms with Gasteiger partial charge in [0.2, 0.25) is 0 Å². The van der Waals surface area contributed by atoms with Gasteiger partial charge in [0.15, 0.2) is 0 Å². The molecule has 290 valence electrons. The molecule has 1 heterocycles. The number of anilines is 6. The first-order valence-corrected chi connectivity index (χ1v) is 22.2. The summed E-state index contributed by atoms with van der Waals surface area (Å²) in [5.74, 6) is 0. The molecule has 1 atom stereocenters. The molecule has 0 aliphatic heterocycles. The Hall–Kier alpha value is -7.72. The van der Waals surface area contributed by atoms with Crippen LogP contribution in [0.15, 0.2) is 231 Å². The fourth-order valence-corrected chi connectivity index (χ4v) is 11.9. The maximum absolute atomic E-state index is 2.50. The molecule has 10 aromatic carbocycles. The number of para-hydroxylation sites is 3. The molecule has 0 amide bonds. The lowest BCUT2D eigenvalue weighted by Crippen LogP contribution is -2.26. The van der Waals surface area contributed by atoms with Gasteiger partial charge in [0, 0.05) is 53.9 Å². The summed E-state index contributed by atoms with van der Waals surface area (Å²) in [6, 6.07) is 85.3. The van der Waals surface area contributed by atoms with Crippen LogP contribution in [-0.4, -0.2) is 0 Å². The molecule has 13 rings (SSSR count). The maximum atomic E-state index is 2.50. The number of hydrogen-bond acceptors (Lipinski definition) is 3. The Bertz CT molecular complexity index is 3500. The minimum Gasteiger partial charge on any atom is -0.310 e. The van der Waals surface area contributed by atoms with Crippen molar-refractivity contribution in [1.82, 2.24) is 0 Å². The Kier molecular flexibility index (Phi) is 7.72. The van der Waals surface area contributed by atoms with Gasteiger partial charge in [-0.2, -0.15) is 0 Å². The van der Waals surface area contributed by atoms with Gasteiger partial charge in [-0.3, -0.25) is 0 Å². The van der Waals surface area contributed by atoms with Gasteiger partial charge in [-0.05, 0) is 117 Å². The van der Waals surface area contributed by atoms with Gasteiger partial charge in [-0.25, -0.2) is 0 Å². The molecule has 2 aliphatic rings. The van der Waals surface area contributed by atoms with Gasteiger partial charge in [0.25, 0.3) is 0 Å². The van der Waals surface area contributed by atoms with Crippen LogP contribution in [0.4, 0.5) is 34.1 Å². The van der Waals surface area contributed by atoms with Crippen LogP contribution in [0.3, 0.4) is 0 Å². The SMILES string of the molecule is c1ccc(N(c2ccccc2)c2c3c(cc4ccccc24)C2(c4ccccc4-c4cc(N(c5ccccc5)c5cccc6sc7ccccc7c56)ccc42)c2ccccc2-3)cc1. The summed E-state index contributed by atoms with van der Waals surface area (Å²) >= 11 is 1.86. The Labute approximate surface area is 364 Å². The van der Waals surface area contributed by atoms with Crippen molar-refractivity contribution in [2.75, 3.05) is 9.80 Å². The second-order valence-corrected chi connectivity index (χ2v) is 17.4. The van der Waals surface area contributed by atoms with E-state index in [0.29, 0.717) is 0 Å². The van der Waals surface area contributed by atoms with Crippen molar-refractivity contribution < 1.29 is 0 Å². The highest BCUT2D eigenvalue weighted by Gasteiger charge is 2.53. The van der Waals surface area contributed by atoms with Crippen LogP contribution in [0.2, 0.25) is 0 Å². The summed E-state index contributed by atoms with van der Waals surface area (Å²) < 4.78 is 2.59. The fraction of sp³-hybridized carbons (Fsp3) is 0.0169. The van der Waals surface area contributed by atoms with Gasteiger partial charge in [-0.15, -0.1) is 11.3 Å². The number of fused-ring (bicyclic) bond motifs is 14. The van der Waals surface area contributed by atoms with Crippen molar-refractivity contribution in [1.29, 1.82) is 0 Å². The molecule has 0 saturated carbocycles. The number of nitrogens with zero attached hydrogens (tertiary/aromatic N) is 2. The number of hydrogen-bond donors (Lipinski definition) is 0.